The van der Waals surface area contributed by atoms with Gasteiger partial charge in [-0.25, -0.2) is 0 Å². The first kappa shape index (κ1) is 15.8. The molecule has 6 heteroatoms. The molecular formula is C19H18N4OS. The van der Waals surface area contributed by atoms with Crippen LogP contribution in [0.3, 0.4) is 0 Å². The van der Waals surface area contributed by atoms with Crippen molar-refractivity contribution in [1.82, 2.24) is 14.9 Å². The van der Waals surface area contributed by atoms with Gasteiger partial charge in [0.1, 0.15) is 12.4 Å². The molecule has 0 amide bonds. The van der Waals surface area contributed by atoms with Gasteiger partial charge in [-0.15, -0.1) is 0 Å². The van der Waals surface area contributed by atoms with Crippen LogP contribution in [0.25, 0.3) is 0 Å². The lowest BCUT2D eigenvalue weighted by Gasteiger charge is -2.06. The summed E-state index contributed by atoms with van der Waals surface area (Å²) in [4.78, 5) is 0. The number of rotatable bonds is 6. The number of hydrogen-bond acceptors (Lipinski definition) is 4. The van der Waals surface area contributed by atoms with Crippen molar-refractivity contribution >= 4 is 18.4 Å². The van der Waals surface area contributed by atoms with E-state index < -0.39 is 0 Å². The molecule has 126 valence electrons. The molecule has 1 saturated carbocycles. The van der Waals surface area contributed by atoms with Crippen molar-refractivity contribution < 1.29 is 4.74 Å². The van der Waals surface area contributed by atoms with E-state index in [0.717, 1.165) is 35.5 Å². The van der Waals surface area contributed by atoms with Crippen molar-refractivity contribution in [2.24, 2.45) is 5.10 Å². The number of hydrogen-bond donors (Lipinski definition) is 1. The maximum atomic E-state index is 5.79. The van der Waals surface area contributed by atoms with E-state index in [0.29, 0.717) is 17.3 Å². The third-order valence-corrected chi connectivity index (χ3v) is 4.33. The molecule has 3 aromatic rings. The molecule has 5 nitrogen and oxygen atoms in total. The van der Waals surface area contributed by atoms with E-state index in [1.54, 1.807) is 10.9 Å². The molecule has 0 atom stereocenters. The summed E-state index contributed by atoms with van der Waals surface area (Å²) in [6.07, 6.45) is 4.10. The summed E-state index contributed by atoms with van der Waals surface area (Å²) in [7, 11) is 0. The van der Waals surface area contributed by atoms with Gasteiger partial charge in [-0.2, -0.15) is 14.9 Å². The lowest BCUT2D eigenvalue weighted by molar-refractivity contribution is 0.306. The highest BCUT2D eigenvalue weighted by molar-refractivity contribution is 7.71. The molecule has 0 bridgehead atoms. The third-order valence-electron chi connectivity index (χ3n) is 4.07. The molecule has 0 spiro atoms. The molecule has 1 N–H and O–H groups in total. The molecule has 0 aliphatic heterocycles. The maximum absolute atomic E-state index is 5.79. The molecule has 1 aliphatic carbocycles. The summed E-state index contributed by atoms with van der Waals surface area (Å²) in [6, 6.07) is 18.0. The van der Waals surface area contributed by atoms with Gasteiger partial charge in [0.15, 0.2) is 5.82 Å². The zero-order valence-corrected chi connectivity index (χ0v) is 14.4. The van der Waals surface area contributed by atoms with Gasteiger partial charge in [-0.05, 0) is 60.5 Å². The molecule has 0 saturated heterocycles. The van der Waals surface area contributed by atoms with Crippen LogP contribution in [0.5, 0.6) is 5.75 Å². The molecule has 4 rings (SSSR count). The Bertz CT molecular complexity index is 924. The van der Waals surface area contributed by atoms with Gasteiger partial charge in [0, 0.05) is 5.92 Å². The van der Waals surface area contributed by atoms with Crippen LogP contribution in [0.4, 0.5) is 0 Å². The maximum Gasteiger partial charge on any atom is 0.216 e. The largest absolute Gasteiger partial charge is 0.489 e. The second-order valence-electron chi connectivity index (χ2n) is 6.06. The highest BCUT2D eigenvalue weighted by atomic mass is 32.1. The van der Waals surface area contributed by atoms with Crippen LogP contribution in [0.15, 0.2) is 59.7 Å². The number of H-pyrrole nitrogens is 1. The number of aromatic amines is 1. The Hall–Kier alpha value is -2.73. The van der Waals surface area contributed by atoms with E-state index in [1.807, 2.05) is 54.6 Å². The third kappa shape index (κ3) is 3.85. The van der Waals surface area contributed by atoms with Crippen molar-refractivity contribution in [3.8, 4) is 5.75 Å². The van der Waals surface area contributed by atoms with Crippen LogP contribution >= 0.6 is 12.2 Å². The van der Waals surface area contributed by atoms with E-state index in [-0.39, 0.29) is 0 Å². The Morgan fingerprint density at radius 3 is 2.64 bits per heavy atom. The van der Waals surface area contributed by atoms with Gasteiger partial charge in [-0.3, -0.25) is 5.10 Å². The van der Waals surface area contributed by atoms with Crippen LogP contribution in [0.2, 0.25) is 0 Å². The number of aromatic nitrogens is 3. The highest BCUT2D eigenvalue weighted by Gasteiger charge is 2.29. The van der Waals surface area contributed by atoms with Crippen LogP contribution in [0, 0.1) is 4.77 Å². The normalized spacial score (nSPS) is 14.1. The molecule has 1 aliphatic rings. The van der Waals surface area contributed by atoms with Crippen LogP contribution in [0.1, 0.15) is 35.7 Å². The highest BCUT2D eigenvalue weighted by Crippen LogP contribution is 2.38. The number of benzene rings is 2. The summed E-state index contributed by atoms with van der Waals surface area (Å²) in [5, 5.41) is 11.6. The Labute approximate surface area is 151 Å². The minimum Gasteiger partial charge on any atom is -0.489 e. The molecule has 1 aromatic heterocycles. The van der Waals surface area contributed by atoms with Gasteiger partial charge in [0.25, 0.3) is 0 Å². The first-order valence-corrected chi connectivity index (χ1v) is 8.69. The van der Waals surface area contributed by atoms with Gasteiger partial charge >= 0.3 is 0 Å². The summed E-state index contributed by atoms with van der Waals surface area (Å²) in [5.41, 5.74) is 2.13. The van der Waals surface area contributed by atoms with Crippen LogP contribution < -0.4 is 4.74 Å². The summed E-state index contributed by atoms with van der Waals surface area (Å²) < 4.78 is 8.04. The smallest absolute Gasteiger partial charge is 0.216 e. The summed E-state index contributed by atoms with van der Waals surface area (Å²) in [6.45, 7) is 0.559. The van der Waals surface area contributed by atoms with Crippen molar-refractivity contribution in [1.29, 1.82) is 0 Å². The molecule has 25 heavy (non-hydrogen) atoms. The molecule has 2 aromatic carbocycles. The molecule has 0 unspecified atom stereocenters. The molecular weight excluding hydrogens is 332 g/mol. The van der Waals surface area contributed by atoms with Gasteiger partial charge in [0.2, 0.25) is 4.77 Å². The minimum absolute atomic E-state index is 0.485. The topological polar surface area (TPSA) is 55.2 Å². The second-order valence-corrected chi connectivity index (χ2v) is 6.45. The zero-order chi connectivity index (χ0) is 17.1. The minimum atomic E-state index is 0.485. The average Bonchev–Trinajstić information content (AvgIpc) is 3.43. The monoisotopic (exact) mass is 350 g/mol. The van der Waals surface area contributed by atoms with E-state index in [4.69, 9.17) is 17.0 Å². The Morgan fingerprint density at radius 2 is 1.92 bits per heavy atom. The molecule has 1 heterocycles. The van der Waals surface area contributed by atoms with Crippen LogP contribution in [-0.4, -0.2) is 21.1 Å². The van der Waals surface area contributed by atoms with Gasteiger partial charge < -0.3 is 4.74 Å². The fraction of sp³-hybridized carbons (Fsp3) is 0.211. The van der Waals surface area contributed by atoms with Crippen molar-refractivity contribution in [2.45, 2.75) is 25.4 Å². The Balaban J connectivity index is 1.42. The molecule has 0 radical (unpaired) electrons. The Kier molecular flexibility index (Phi) is 4.43. The van der Waals surface area contributed by atoms with E-state index in [1.165, 1.54) is 0 Å². The van der Waals surface area contributed by atoms with E-state index >= 15 is 0 Å². The van der Waals surface area contributed by atoms with Crippen molar-refractivity contribution in [2.75, 3.05) is 0 Å². The standard InChI is InChI=1S/C19H18N4OS/c25-19-22-21-18(16-8-9-16)23(19)20-12-14-6-10-17(11-7-14)24-13-15-4-2-1-3-5-15/h1-7,10-12,16H,8-9,13H2,(H,22,25)/b20-12-. The first-order chi connectivity index (χ1) is 12.3. The fourth-order valence-electron chi connectivity index (χ4n) is 2.54. The van der Waals surface area contributed by atoms with Crippen molar-refractivity contribution in [3.05, 3.63) is 76.3 Å². The van der Waals surface area contributed by atoms with Gasteiger partial charge in [0.05, 0.1) is 6.21 Å². The van der Waals surface area contributed by atoms with Crippen molar-refractivity contribution in [3.63, 3.8) is 0 Å². The Morgan fingerprint density at radius 1 is 1.16 bits per heavy atom. The number of nitrogens with one attached hydrogen (secondary N) is 1. The van der Waals surface area contributed by atoms with Gasteiger partial charge in [-0.1, -0.05) is 30.3 Å². The number of nitrogens with zero attached hydrogens (tertiary/aromatic N) is 3. The first-order valence-electron chi connectivity index (χ1n) is 8.28. The van der Waals surface area contributed by atoms with E-state index in [9.17, 15) is 0 Å². The average molecular weight is 350 g/mol. The zero-order valence-electron chi connectivity index (χ0n) is 13.6. The van der Waals surface area contributed by atoms with Crippen LogP contribution in [-0.2, 0) is 6.61 Å². The predicted molar refractivity (Wildman–Crippen MR) is 99.6 cm³/mol. The lowest BCUT2D eigenvalue weighted by atomic mass is 10.2. The number of ether oxygens (including phenoxy) is 1. The van der Waals surface area contributed by atoms with E-state index in [2.05, 4.69) is 15.3 Å². The lowest BCUT2D eigenvalue weighted by Crippen LogP contribution is -1.97. The summed E-state index contributed by atoms with van der Waals surface area (Å²) in [5.74, 6) is 2.24. The summed E-state index contributed by atoms with van der Waals surface area (Å²) >= 11 is 5.25. The second kappa shape index (κ2) is 7.03. The quantitative estimate of drug-likeness (QED) is 0.533. The fourth-order valence-corrected chi connectivity index (χ4v) is 2.72. The molecule has 1 fully saturated rings. The SMILES string of the molecule is S=c1[nH]nc(C2CC2)n1/N=C\c1ccc(OCc2ccccc2)cc1. The predicted octanol–water partition coefficient (Wildman–Crippen LogP) is 4.28.